The molecule has 0 bridgehead atoms. The average molecular weight is 398 g/mol. The van der Waals surface area contributed by atoms with Crippen LogP contribution in [0, 0.1) is 0 Å². The van der Waals surface area contributed by atoms with Gasteiger partial charge in [0.05, 0.1) is 5.56 Å². The molecule has 2 amide bonds. The van der Waals surface area contributed by atoms with Crippen molar-refractivity contribution in [1.82, 2.24) is 0 Å². The largest absolute Gasteiger partial charge is 0.573 e. The van der Waals surface area contributed by atoms with Crippen LogP contribution >= 0.6 is 11.3 Å². The van der Waals surface area contributed by atoms with Crippen LogP contribution in [0.3, 0.4) is 0 Å². The van der Waals surface area contributed by atoms with Crippen LogP contribution in [0.2, 0.25) is 0 Å². The van der Waals surface area contributed by atoms with E-state index in [2.05, 4.69) is 10.1 Å². The molecule has 1 aliphatic rings. The first-order chi connectivity index (χ1) is 12.6. The summed E-state index contributed by atoms with van der Waals surface area (Å²) in [4.78, 5) is 36.5. The molecule has 0 saturated heterocycles. The minimum absolute atomic E-state index is 0.0397. The Bertz CT molecular complexity index is 919. The van der Waals surface area contributed by atoms with Gasteiger partial charge in [0.2, 0.25) is 0 Å². The second kappa shape index (κ2) is 7.03. The Morgan fingerprint density at radius 2 is 1.81 bits per heavy atom. The summed E-state index contributed by atoms with van der Waals surface area (Å²) in [5.74, 6) is -1.76. The van der Waals surface area contributed by atoms with Gasteiger partial charge in [0, 0.05) is 23.3 Å². The van der Waals surface area contributed by atoms with Crippen LogP contribution in [0.5, 0.6) is 5.75 Å². The lowest BCUT2D eigenvalue weighted by Crippen LogP contribution is -2.20. The lowest BCUT2D eigenvalue weighted by molar-refractivity contribution is -0.274. The van der Waals surface area contributed by atoms with E-state index >= 15 is 0 Å². The first-order valence-corrected chi connectivity index (χ1v) is 8.59. The van der Waals surface area contributed by atoms with Crippen LogP contribution in [0.25, 0.3) is 0 Å². The molecule has 0 aliphatic heterocycles. The number of nitrogens with two attached hydrogens (primary N) is 1. The number of ether oxygens (including phenoxy) is 1. The first kappa shape index (κ1) is 18.9. The zero-order chi connectivity index (χ0) is 19.8. The van der Waals surface area contributed by atoms with E-state index in [1.54, 1.807) is 0 Å². The molecule has 1 aliphatic carbocycles. The lowest BCUT2D eigenvalue weighted by atomic mass is 9.94. The van der Waals surface area contributed by atoms with Crippen molar-refractivity contribution in [3.8, 4) is 5.75 Å². The van der Waals surface area contributed by atoms with Crippen LogP contribution in [0.4, 0.5) is 18.2 Å². The normalized spacial score (nSPS) is 13.8. The molecule has 1 aromatic heterocycles. The SMILES string of the molecule is NC(=O)c1c(NC(=O)c2ccc(OC(F)(F)F)cc2)sc2c1CCC(=O)C2. The van der Waals surface area contributed by atoms with E-state index in [4.69, 9.17) is 5.73 Å². The third-order valence-corrected chi connectivity index (χ3v) is 5.07. The number of thiophene rings is 1. The minimum Gasteiger partial charge on any atom is -0.406 e. The van der Waals surface area contributed by atoms with Crippen molar-refractivity contribution in [3.05, 3.63) is 45.8 Å². The number of primary amides is 1. The van der Waals surface area contributed by atoms with Gasteiger partial charge in [-0.3, -0.25) is 14.4 Å². The highest BCUT2D eigenvalue weighted by atomic mass is 32.1. The van der Waals surface area contributed by atoms with Gasteiger partial charge in [-0.15, -0.1) is 24.5 Å². The van der Waals surface area contributed by atoms with Crippen LogP contribution in [-0.4, -0.2) is 24.0 Å². The molecular formula is C17H13F3N2O4S. The fourth-order valence-corrected chi connectivity index (χ4v) is 4.06. The van der Waals surface area contributed by atoms with Gasteiger partial charge in [-0.25, -0.2) is 0 Å². The van der Waals surface area contributed by atoms with Gasteiger partial charge in [0.15, 0.2) is 0 Å². The van der Waals surface area contributed by atoms with Gasteiger partial charge in [-0.2, -0.15) is 0 Å². The number of halogens is 3. The van der Waals surface area contributed by atoms with E-state index in [0.29, 0.717) is 23.3 Å². The van der Waals surface area contributed by atoms with Crippen LogP contribution in [0.1, 0.15) is 37.6 Å². The number of carbonyl (C=O) groups is 3. The summed E-state index contributed by atoms with van der Waals surface area (Å²) in [6, 6.07) is 4.35. The molecule has 3 rings (SSSR count). The van der Waals surface area contributed by atoms with Crippen molar-refractivity contribution in [3.63, 3.8) is 0 Å². The second-order valence-electron chi connectivity index (χ2n) is 5.81. The number of benzene rings is 1. The number of carbonyl (C=O) groups excluding carboxylic acids is 3. The molecule has 1 heterocycles. The van der Waals surface area contributed by atoms with E-state index in [1.807, 2.05) is 0 Å². The number of hydrogen-bond acceptors (Lipinski definition) is 5. The Labute approximate surface area is 155 Å². The van der Waals surface area contributed by atoms with Crippen molar-refractivity contribution in [2.24, 2.45) is 5.73 Å². The predicted octanol–water partition coefficient (Wildman–Crippen LogP) is 3.06. The Morgan fingerprint density at radius 1 is 1.15 bits per heavy atom. The second-order valence-corrected chi connectivity index (χ2v) is 6.92. The van der Waals surface area contributed by atoms with Crippen LogP contribution in [-0.2, 0) is 17.6 Å². The number of alkyl halides is 3. The maximum Gasteiger partial charge on any atom is 0.573 e. The summed E-state index contributed by atoms with van der Waals surface area (Å²) in [5.41, 5.74) is 6.33. The molecule has 142 valence electrons. The van der Waals surface area contributed by atoms with Crippen molar-refractivity contribution in [2.75, 3.05) is 5.32 Å². The fourth-order valence-electron chi connectivity index (χ4n) is 2.78. The monoisotopic (exact) mass is 398 g/mol. The molecule has 2 aromatic rings. The number of rotatable bonds is 4. The molecule has 0 fully saturated rings. The fraction of sp³-hybridized carbons (Fsp3) is 0.235. The van der Waals surface area contributed by atoms with Crippen molar-refractivity contribution < 1.29 is 32.3 Å². The lowest BCUT2D eigenvalue weighted by Gasteiger charge is -2.11. The molecular weight excluding hydrogens is 385 g/mol. The molecule has 0 unspecified atom stereocenters. The number of Topliss-reactive ketones (excluding diaryl/α,β-unsaturated/α-hetero) is 1. The van der Waals surface area contributed by atoms with E-state index in [1.165, 1.54) is 0 Å². The Morgan fingerprint density at radius 3 is 2.41 bits per heavy atom. The van der Waals surface area contributed by atoms with Gasteiger partial charge in [0.1, 0.15) is 16.5 Å². The highest BCUT2D eigenvalue weighted by molar-refractivity contribution is 7.17. The highest BCUT2D eigenvalue weighted by Gasteiger charge is 2.31. The van der Waals surface area contributed by atoms with Crippen molar-refractivity contribution in [2.45, 2.75) is 25.6 Å². The van der Waals surface area contributed by atoms with Crippen LogP contribution in [0.15, 0.2) is 24.3 Å². The van der Waals surface area contributed by atoms with E-state index < -0.39 is 23.9 Å². The minimum atomic E-state index is -4.83. The number of hydrogen-bond donors (Lipinski definition) is 2. The molecule has 6 nitrogen and oxygen atoms in total. The summed E-state index contributed by atoms with van der Waals surface area (Å²) in [6.45, 7) is 0. The first-order valence-electron chi connectivity index (χ1n) is 7.77. The number of anilines is 1. The maximum atomic E-state index is 12.4. The molecule has 1 aromatic carbocycles. The zero-order valence-electron chi connectivity index (χ0n) is 13.7. The molecule has 10 heteroatoms. The Balaban J connectivity index is 1.82. The zero-order valence-corrected chi connectivity index (χ0v) is 14.5. The predicted molar refractivity (Wildman–Crippen MR) is 90.9 cm³/mol. The maximum absolute atomic E-state index is 12.4. The summed E-state index contributed by atoms with van der Waals surface area (Å²) < 4.78 is 40.3. The molecule has 3 N–H and O–H groups in total. The summed E-state index contributed by atoms with van der Waals surface area (Å²) in [5, 5.41) is 2.78. The molecule has 0 atom stereocenters. The third kappa shape index (κ3) is 4.27. The Kier molecular flexibility index (Phi) is 4.92. The highest BCUT2D eigenvalue weighted by Crippen LogP contribution is 2.37. The summed E-state index contributed by atoms with van der Waals surface area (Å²) >= 11 is 1.10. The standard InChI is InChI=1S/C17H13F3N2O4S/c18-17(19,20)26-10-4-1-8(2-5-10)15(25)22-16-13(14(21)24)11-6-3-9(23)7-12(11)27-16/h1-2,4-5H,3,6-7H2,(H2,21,24)(H,22,25). The average Bonchev–Trinajstić information content (AvgIpc) is 2.90. The molecule has 0 radical (unpaired) electrons. The van der Waals surface area contributed by atoms with Gasteiger partial charge < -0.3 is 15.8 Å². The van der Waals surface area contributed by atoms with Crippen molar-refractivity contribution in [1.29, 1.82) is 0 Å². The molecule has 0 saturated carbocycles. The van der Waals surface area contributed by atoms with E-state index in [9.17, 15) is 27.6 Å². The van der Waals surface area contributed by atoms with Gasteiger partial charge in [-0.1, -0.05) is 0 Å². The summed E-state index contributed by atoms with van der Waals surface area (Å²) in [6.07, 6.45) is -3.96. The van der Waals surface area contributed by atoms with Gasteiger partial charge in [-0.05, 0) is 36.2 Å². The molecule has 0 spiro atoms. The quantitative estimate of drug-likeness (QED) is 0.827. The van der Waals surface area contributed by atoms with Gasteiger partial charge in [0.25, 0.3) is 11.8 Å². The smallest absolute Gasteiger partial charge is 0.406 e. The summed E-state index contributed by atoms with van der Waals surface area (Å²) in [7, 11) is 0. The van der Waals surface area contributed by atoms with Crippen molar-refractivity contribution >= 4 is 33.9 Å². The van der Waals surface area contributed by atoms with E-state index in [-0.39, 0.29) is 28.3 Å². The number of amides is 2. The molecule has 27 heavy (non-hydrogen) atoms. The third-order valence-electron chi connectivity index (χ3n) is 3.93. The number of ketones is 1. The number of fused-ring (bicyclic) bond motifs is 1. The van der Waals surface area contributed by atoms with Gasteiger partial charge >= 0.3 is 6.36 Å². The number of nitrogens with one attached hydrogen (secondary N) is 1. The topological polar surface area (TPSA) is 98.5 Å². The van der Waals surface area contributed by atoms with Crippen LogP contribution < -0.4 is 15.8 Å². The Hall–Kier alpha value is -2.88. The van der Waals surface area contributed by atoms with E-state index in [0.717, 1.165) is 35.6 Å².